The lowest BCUT2D eigenvalue weighted by Crippen LogP contribution is -2.59. The van der Waals surface area contributed by atoms with Gasteiger partial charge < -0.3 is 4.90 Å². The molecule has 1 heterocycles. The largest absolute Gasteiger partial charge is 0.344 e. The number of nitrogens with one attached hydrogen (secondary N) is 1. The second-order valence-corrected chi connectivity index (χ2v) is 7.26. The maximum Gasteiger partial charge on any atom is 0.248 e. The van der Waals surface area contributed by atoms with Crippen LogP contribution in [0.25, 0.3) is 0 Å². The Labute approximate surface area is 126 Å². The van der Waals surface area contributed by atoms with Crippen molar-refractivity contribution in [3.05, 3.63) is 0 Å². The number of hydrogen-bond acceptors (Lipinski definition) is 4. The lowest BCUT2D eigenvalue weighted by Gasteiger charge is -2.42. The van der Waals surface area contributed by atoms with E-state index in [-0.39, 0.29) is 11.3 Å². The quantitative estimate of drug-likeness (QED) is 0.592. The highest BCUT2D eigenvalue weighted by Gasteiger charge is 2.54. The predicted octanol–water partition coefficient (Wildman–Crippen LogP) is 0.707. The molecule has 0 radical (unpaired) electrons. The number of piperidine rings is 1. The number of carbonyl (C=O) groups excluding carboxylic acids is 2. The molecule has 6 heteroatoms. The summed E-state index contributed by atoms with van der Waals surface area (Å²) in [5.74, 6) is -0.564. The molecule has 120 valence electrons. The first-order valence-electron chi connectivity index (χ1n) is 7.69. The fourth-order valence-corrected chi connectivity index (χ4v) is 3.66. The minimum absolute atomic E-state index is 0.0321. The molecule has 2 rings (SSSR count). The first-order chi connectivity index (χ1) is 9.79. The summed E-state index contributed by atoms with van der Waals surface area (Å²) >= 11 is 0. The van der Waals surface area contributed by atoms with Crippen molar-refractivity contribution in [3.63, 3.8) is 0 Å². The number of hydrogen-bond donors (Lipinski definition) is 2. The summed E-state index contributed by atoms with van der Waals surface area (Å²) in [6, 6.07) is -0.480. The van der Waals surface area contributed by atoms with E-state index < -0.39 is 17.9 Å². The fourth-order valence-electron chi connectivity index (χ4n) is 3.66. The Bertz CT molecular complexity index is 420. The second kappa shape index (κ2) is 5.93. The van der Waals surface area contributed by atoms with E-state index in [4.69, 9.17) is 5.21 Å². The van der Waals surface area contributed by atoms with Gasteiger partial charge in [0.25, 0.3) is 0 Å². The summed E-state index contributed by atoms with van der Waals surface area (Å²) in [5, 5.41) is 9.00. The van der Waals surface area contributed by atoms with Gasteiger partial charge in [0.15, 0.2) is 0 Å². The van der Waals surface area contributed by atoms with Crippen molar-refractivity contribution in [2.24, 2.45) is 17.3 Å². The number of likely N-dealkylation sites (N-methyl/N-ethyl adjacent to an activating group) is 2. The number of hydroxylamine groups is 1. The molecule has 2 atom stereocenters. The molecule has 1 saturated carbocycles. The van der Waals surface area contributed by atoms with Crippen molar-refractivity contribution < 1.29 is 14.8 Å². The third kappa shape index (κ3) is 3.37. The van der Waals surface area contributed by atoms with Crippen LogP contribution in [0.5, 0.6) is 0 Å². The van der Waals surface area contributed by atoms with Crippen molar-refractivity contribution in [2.75, 3.05) is 27.2 Å². The van der Waals surface area contributed by atoms with E-state index in [0.29, 0.717) is 18.9 Å². The standard InChI is InChI=1S/C15H27N3O3/c1-10(2)8-17(3)14(20)12-11(13(19)16-21)7-15(5-6-15)9-18(12)4/h10-12,21H,5-9H2,1-4H3,(H,16,19)/t11-,12-/m0/s1. The number of amides is 2. The summed E-state index contributed by atoms with van der Waals surface area (Å²) in [6.45, 7) is 5.65. The second-order valence-electron chi connectivity index (χ2n) is 7.26. The summed E-state index contributed by atoms with van der Waals surface area (Å²) in [7, 11) is 3.69. The summed E-state index contributed by atoms with van der Waals surface area (Å²) < 4.78 is 0. The summed E-state index contributed by atoms with van der Waals surface area (Å²) in [6.07, 6.45) is 2.90. The number of carbonyl (C=O) groups is 2. The van der Waals surface area contributed by atoms with Gasteiger partial charge in [0, 0.05) is 20.1 Å². The van der Waals surface area contributed by atoms with E-state index in [9.17, 15) is 9.59 Å². The molecule has 2 aliphatic rings. The van der Waals surface area contributed by atoms with E-state index in [1.165, 1.54) is 0 Å². The molecule has 2 N–H and O–H groups in total. The Balaban J connectivity index is 2.16. The summed E-state index contributed by atoms with van der Waals surface area (Å²) in [5.41, 5.74) is 1.93. The van der Waals surface area contributed by atoms with Gasteiger partial charge in [-0.15, -0.1) is 0 Å². The highest BCUT2D eigenvalue weighted by Crippen LogP contribution is 2.54. The molecular formula is C15H27N3O3. The SMILES string of the molecule is CC(C)CN(C)C(=O)[C@@H]1[C@@H](C(=O)NO)CC2(CC2)CN1C. The average Bonchev–Trinajstić information content (AvgIpc) is 3.14. The maximum absolute atomic E-state index is 12.7. The van der Waals surface area contributed by atoms with Crippen LogP contribution in [0, 0.1) is 17.3 Å². The van der Waals surface area contributed by atoms with Gasteiger partial charge in [0.05, 0.1) is 5.92 Å². The molecule has 0 aromatic carbocycles. The third-order valence-corrected chi connectivity index (χ3v) is 4.77. The zero-order chi connectivity index (χ0) is 15.8. The molecule has 0 aromatic heterocycles. The lowest BCUT2D eigenvalue weighted by molar-refractivity contribution is -0.150. The molecule has 21 heavy (non-hydrogen) atoms. The molecule has 1 saturated heterocycles. The van der Waals surface area contributed by atoms with E-state index in [0.717, 1.165) is 19.4 Å². The van der Waals surface area contributed by atoms with Gasteiger partial charge in [-0.2, -0.15) is 0 Å². The molecule has 1 aliphatic carbocycles. The number of likely N-dealkylation sites (tertiary alicyclic amines) is 1. The fraction of sp³-hybridized carbons (Fsp3) is 0.867. The minimum atomic E-state index is -0.480. The van der Waals surface area contributed by atoms with Gasteiger partial charge in [0.1, 0.15) is 6.04 Å². The molecule has 1 aliphatic heterocycles. The molecular weight excluding hydrogens is 270 g/mol. The van der Waals surface area contributed by atoms with Crippen LogP contribution in [0.2, 0.25) is 0 Å². The van der Waals surface area contributed by atoms with Crippen LogP contribution in [0.4, 0.5) is 0 Å². The molecule has 2 fully saturated rings. The van der Waals surface area contributed by atoms with Gasteiger partial charge >= 0.3 is 0 Å². The smallest absolute Gasteiger partial charge is 0.248 e. The van der Waals surface area contributed by atoms with Crippen LogP contribution in [0.15, 0.2) is 0 Å². The normalized spacial score (nSPS) is 27.7. The van der Waals surface area contributed by atoms with Gasteiger partial charge in [0.2, 0.25) is 11.8 Å². The Morgan fingerprint density at radius 2 is 2.05 bits per heavy atom. The van der Waals surface area contributed by atoms with Gasteiger partial charge in [-0.25, -0.2) is 5.48 Å². The number of rotatable bonds is 4. The van der Waals surface area contributed by atoms with Crippen LogP contribution in [0.1, 0.15) is 33.1 Å². The zero-order valence-corrected chi connectivity index (χ0v) is 13.4. The Hall–Kier alpha value is -1.14. The highest BCUT2D eigenvalue weighted by molar-refractivity contribution is 5.90. The van der Waals surface area contributed by atoms with E-state index in [2.05, 4.69) is 13.8 Å². The Morgan fingerprint density at radius 3 is 2.52 bits per heavy atom. The van der Waals surface area contributed by atoms with Crippen LogP contribution >= 0.6 is 0 Å². The van der Waals surface area contributed by atoms with Gasteiger partial charge in [-0.1, -0.05) is 13.8 Å². The molecule has 0 aromatic rings. The monoisotopic (exact) mass is 297 g/mol. The Morgan fingerprint density at radius 1 is 1.43 bits per heavy atom. The van der Waals surface area contributed by atoms with Gasteiger partial charge in [-0.05, 0) is 37.6 Å². The third-order valence-electron chi connectivity index (χ3n) is 4.77. The van der Waals surface area contributed by atoms with Crippen LogP contribution in [-0.4, -0.2) is 60.0 Å². The molecule has 6 nitrogen and oxygen atoms in total. The molecule has 0 unspecified atom stereocenters. The van der Waals surface area contributed by atoms with Crippen molar-refractivity contribution in [2.45, 2.75) is 39.2 Å². The van der Waals surface area contributed by atoms with E-state index in [1.807, 2.05) is 11.9 Å². The van der Waals surface area contributed by atoms with Crippen LogP contribution in [0.3, 0.4) is 0 Å². The Kier molecular flexibility index (Phi) is 4.58. The zero-order valence-electron chi connectivity index (χ0n) is 13.4. The van der Waals surface area contributed by atoms with Crippen LogP contribution in [-0.2, 0) is 9.59 Å². The van der Waals surface area contributed by atoms with Crippen molar-refractivity contribution >= 4 is 11.8 Å². The van der Waals surface area contributed by atoms with Crippen molar-refractivity contribution in [3.8, 4) is 0 Å². The minimum Gasteiger partial charge on any atom is -0.344 e. The first kappa shape index (κ1) is 16.2. The molecule has 1 spiro atoms. The highest BCUT2D eigenvalue weighted by atomic mass is 16.5. The van der Waals surface area contributed by atoms with Crippen molar-refractivity contribution in [1.82, 2.24) is 15.3 Å². The number of nitrogens with zero attached hydrogens (tertiary/aromatic N) is 2. The average molecular weight is 297 g/mol. The van der Waals surface area contributed by atoms with E-state index >= 15 is 0 Å². The first-order valence-corrected chi connectivity index (χ1v) is 7.69. The summed E-state index contributed by atoms with van der Waals surface area (Å²) in [4.78, 5) is 28.5. The predicted molar refractivity (Wildman–Crippen MR) is 78.6 cm³/mol. The van der Waals surface area contributed by atoms with E-state index in [1.54, 1.807) is 17.4 Å². The topological polar surface area (TPSA) is 72.9 Å². The maximum atomic E-state index is 12.7. The molecule has 0 bridgehead atoms. The van der Waals surface area contributed by atoms with Crippen LogP contribution < -0.4 is 5.48 Å². The van der Waals surface area contributed by atoms with Crippen molar-refractivity contribution in [1.29, 1.82) is 0 Å². The molecule has 2 amide bonds. The lowest BCUT2D eigenvalue weighted by atomic mass is 9.80. The van der Waals surface area contributed by atoms with Gasteiger partial charge in [-0.3, -0.25) is 19.7 Å².